The topological polar surface area (TPSA) is 53.1 Å². The number of H-pyrrole nitrogens is 1. The molecule has 1 aromatic heterocycles. The van der Waals surface area contributed by atoms with Crippen LogP contribution in [0.1, 0.15) is 0 Å². The molecule has 4 rings (SSSR count). The highest BCUT2D eigenvalue weighted by molar-refractivity contribution is 6.34. The lowest BCUT2D eigenvalue weighted by Gasteiger charge is -2.11. The zero-order valence-corrected chi connectivity index (χ0v) is 16.0. The third-order valence-corrected chi connectivity index (χ3v) is 5.18. The Labute approximate surface area is 169 Å². The summed E-state index contributed by atoms with van der Waals surface area (Å²) in [5.41, 5.74) is 2.34. The van der Waals surface area contributed by atoms with Gasteiger partial charge < -0.3 is 10.1 Å². The van der Waals surface area contributed by atoms with E-state index in [9.17, 15) is 9.90 Å². The highest BCUT2D eigenvalue weighted by Crippen LogP contribution is 2.38. The van der Waals surface area contributed by atoms with E-state index < -0.39 is 5.56 Å². The molecule has 4 aromatic rings. The van der Waals surface area contributed by atoms with Crippen molar-refractivity contribution < 1.29 is 5.11 Å². The number of rotatable bonds is 2. The Morgan fingerprint density at radius 3 is 2.19 bits per heavy atom. The van der Waals surface area contributed by atoms with E-state index >= 15 is 0 Å². The SMILES string of the molecule is O=c1[nH]c2cc(Cl)ccc2c(O)c1-c1cc(-c2ccc(Cl)cc2)ccc1Cl. The molecule has 1 heterocycles. The lowest BCUT2D eigenvalue weighted by molar-refractivity contribution is 0.482. The van der Waals surface area contributed by atoms with E-state index in [0.717, 1.165) is 11.1 Å². The molecule has 2 N–H and O–H groups in total. The largest absolute Gasteiger partial charge is 0.506 e. The number of pyridine rings is 1. The van der Waals surface area contributed by atoms with Crippen molar-refractivity contribution in [1.82, 2.24) is 4.98 Å². The van der Waals surface area contributed by atoms with Crippen molar-refractivity contribution in [1.29, 1.82) is 0 Å². The molecule has 134 valence electrons. The fourth-order valence-electron chi connectivity index (χ4n) is 3.04. The number of fused-ring (bicyclic) bond motifs is 1. The van der Waals surface area contributed by atoms with Gasteiger partial charge in [0.1, 0.15) is 5.75 Å². The van der Waals surface area contributed by atoms with Crippen molar-refractivity contribution in [2.75, 3.05) is 0 Å². The summed E-state index contributed by atoms with van der Waals surface area (Å²) in [6.45, 7) is 0. The number of aromatic amines is 1. The minimum Gasteiger partial charge on any atom is -0.506 e. The standard InChI is InChI=1S/C21H12Cl3NO2/c22-13-4-1-11(2-5-13)12-3-8-17(24)16(9-12)19-20(26)15-7-6-14(23)10-18(15)25-21(19)27/h1-10H,(H2,25,26,27). The Morgan fingerprint density at radius 2 is 1.44 bits per heavy atom. The van der Waals surface area contributed by atoms with E-state index in [1.54, 1.807) is 42.5 Å². The maximum absolute atomic E-state index is 12.7. The molecule has 0 saturated carbocycles. The second-order valence-electron chi connectivity index (χ2n) is 6.07. The van der Waals surface area contributed by atoms with Crippen LogP contribution >= 0.6 is 34.8 Å². The summed E-state index contributed by atoms with van der Waals surface area (Å²) in [5, 5.41) is 12.7. The Morgan fingerprint density at radius 1 is 0.778 bits per heavy atom. The van der Waals surface area contributed by atoms with Gasteiger partial charge in [-0.05, 0) is 53.6 Å². The number of aromatic nitrogens is 1. The highest BCUT2D eigenvalue weighted by Gasteiger charge is 2.17. The van der Waals surface area contributed by atoms with Gasteiger partial charge in [-0.25, -0.2) is 0 Å². The van der Waals surface area contributed by atoms with Gasteiger partial charge in [0.2, 0.25) is 0 Å². The Bertz CT molecular complexity index is 1230. The molecule has 6 heteroatoms. The molecular weight excluding hydrogens is 405 g/mol. The number of benzene rings is 3. The molecule has 0 fully saturated rings. The smallest absolute Gasteiger partial charge is 0.260 e. The fourth-order valence-corrected chi connectivity index (χ4v) is 3.55. The molecule has 0 aliphatic carbocycles. The lowest BCUT2D eigenvalue weighted by atomic mass is 9.98. The van der Waals surface area contributed by atoms with Crippen LogP contribution in [0.5, 0.6) is 5.75 Å². The summed E-state index contributed by atoms with van der Waals surface area (Å²) in [6, 6.07) is 17.5. The van der Waals surface area contributed by atoms with E-state index in [1.807, 2.05) is 18.2 Å². The molecule has 0 aliphatic heterocycles. The van der Waals surface area contributed by atoms with E-state index in [-0.39, 0.29) is 11.3 Å². The van der Waals surface area contributed by atoms with Crippen LogP contribution in [0.2, 0.25) is 15.1 Å². The molecule has 3 nitrogen and oxygen atoms in total. The third kappa shape index (κ3) is 3.30. The van der Waals surface area contributed by atoms with E-state index in [0.29, 0.717) is 31.5 Å². The normalized spacial score (nSPS) is 11.1. The average molecular weight is 417 g/mol. The zero-order valence-electron chi connectivity index (χ0n) is 13.8. The van der Waals surface area contributed by atoms with Crippen molar-refractivity contribution in [3.8, 4) is 28.0 Å². The Balaban J connectivity index is 1.96. The summed E-state index contributed by atoms with van der Waals surface area (Å²) >= 11 is 18.3. The maximum Gasteiger partial charge on any atom is 0.260 e. The summed E-state index contributed by atoms with van der Waals surface area (Å²) in [4.78, 5) is 15.4. The van der Waals surface area contributed by atoms with Gasteiger partial charge in [0, 0.05) is 26.0 Å². The summed E-state index contributed by atoms with van der Waals surface area (Å²) in [6.07, 6.45) is 0. The maximum atomic E-state index is 12.7. The van der Waals surface area contributed by atoms with Gasteiger partial charge in [-0.1, -0.05) is 53.0 Å². The summed E-state index contributed by atoms with van der Waals surface area (Å²) in [7, 11) is 0. The van der Waals surface area contributed by atoms with Crippen LogP contribution in [0, 0.1) is 0 Å². The molecule has 0 atom stereocenters. The molecular formula is C21H12Cl3NO2. The molecule has 0 aliphatic rings. The first-order valence-electron chi connectivity index (χ1n) is 8.04. The van der Waals surface area contributed by atoms with Gasteiger partial charge >= 0.3 is 0 Å². The third-order valence-electron chi connectivity index (χ3n) is 4.36. The zero-order chi connectivity index (χ0) is 19.1. The van der Waals surface area contributed by atoms with Gasteiger partial charge in [-0.3, -0.25) is 4.79 Å². The van der Waals surface area contributed by atoms with E-state index in [2.05, 4.69) is 4.98 Å². The monoisotopic (exact) mass is 415 g/mol. The second kappa shape index (κ2) is 6.93. The molecule has 0 unspecified atom stereocenters. The number of nitrogens with one attached hydrogen (secondary N) is 1. The average Bonchev–Trinajstić information content (AvgIpc) is 2.63. The van der Waals surface area contributed by atoms with Gasteiger partial charge in [0.15, 0.2) is 0 Å². The predicted molar refractivity (Wildman–Crippen MR) is 112 cm³/mol. The first kappa shape index (κ1) is 17.9. The quantitative estimate of drug-likeness (QED) is 0.390. The van der Waals surface area contributed by atoms with Crippen LogP contribution in [-0.2, 0) is 0 Å². The molecule has 3 aromatic carbocycles. The van der Waals surface area contributed by atoms with Crippen molar-refractivity contribution >= 4 is 45.7 Å². The molecule has 0 saturated heterocycles. The van der Waals surface area contributed by atoms with Gasteiger partial charge in [-0.2, -0.15) is 0 Å². The van der Waals surface area contributed by atoms with Crippen molar-refractivity contribution in [3.05, 3.63) is 86.1 Å². The van der Waals surface area contributed by atoms with Gasteiger partial charge in [0.25, 0.3) is 5.56 Å². The van der Waals surface area contributed by atoms with Crippen LogP contribution < -0.4 is 5.56 Å². The molecule has 0 radical (unpaired) electrons. The minimum absolute atomic E-state index is 0.116. The number of aromatic hydroxyl groups is 1. The Hall–Kier alpha value is -2.46. The van der Waals surface area contributed by atoms with E-state index in [4.69, 9.17) is 34.8 Å². The lowest BCUT2D eigenvalue weighted by Crippen LogP contribution is -2.09. The second-order valence-corrected chi connectivity index (χ2v) is 7.35. The predicted octanol–water partition coefficient (Wildman–Crippen LogP) is 6.53. The van der Waals surface area contributed by atoms with Crippen molar-refractivity contribution in [2.45, 2.75) is 0 Å². The van der Waals surface area contributed by atoms with Crippen molar-refractivity contribution in [3.63, 3.8) is 0 Å². The molecule has 27 heavy (non-hydrogen) atoms. The molecule has 0 amide bonds. The van der Waals surface area contributed by atoms with E-state index in [1.165, 1.54) is 0 Å². The first-order valence-corrected chi connectivity index (χ1v) is 9.18. The summed E-state index contributed by atoms with van der Waals surface area (Å²) in [5.74, 6) is -0.138. The van der Waals surface area contributed by atoms with Crippen LogP contribution in [0.25, 0.3) is 33.2 Å². The Kier molecular flexibility index (Phi) is 4.60. The van der Waals surface area contributed by atoms with Crippen LogP contribution in [0.3, 0.4) is 0 Å². The number of hydrogen-bond donors (Lipinski definition) is 2. The van der Waals surface area contributed by atoms with Gasteiger partial charge in [0.05, 0.1) is 11.1 Å². The number of halogens is 3. The molecule has 0 bridgehead atoms. The fraction of sp³-hybridized carbons (Fsp3) is 0. The van der Waals surface area contributed by atoms with Crippen molar-refractivity contribution in [2.24, 2.45) is 0 Å². The molecule has 0 spiro atoms. The van der Waals surface area contributed by atoms with Crippen LogP contribution in [-0.4, -0.2) is 10.1 Å². The van der Waals surface area contributed by atoms with Gasteiger partial charge in [-0.15, -0.1) is 0 Å². The minimum atomic E-state index is -0.447. The van der Waals surface area contributed by atoms with Crippen LogP contribution in [0.15, 0.2) is 65.5 Å². The highest BCUT2D eigenvalue weighted by atomic mass is 35.5. The number of hydrogen-bond acceptors (Lipinski definition) is 2. The van der Waals surface area contributed by atoms with Crippen LogP contribution in [0.4, 0.5) is 0 Å². The first-order chi connectivity index (χ1) is 12.9. The summed E-state index contributed by atoms with van der Waals surface area (Å²) < 4.78 is 0.